The van der Waals surface area contributed by atoms with Gasteiger partial charge in [0.15, 0.2) is 0 Å². The summed E-state index contributed by atoms with van der Waals surface area (Å²) in [7, 11) is 3.79. The number of hydrogen-bond acceptors (Lipinski definition) is 7. The lowest BCUT2D eigenvalue weighted by atomic mass is 9.93. The number of aromatic hydroxyl groups is 1. The zero-order valence-electron chi connectivity index (χ0n) is 19.0. The number of benzene rings is 2. The maximum atomic E-state index is 13.0. The van der Waals surface area contributed by atoms with Crippen molar-refractivity contribution >= 4 is 23.1 Å². The molecule has 9 nitrogen and oxygen atoms in total. The van der Waals surface area contributed by atoms with Crippen LogP contribution in [0.15, 0.2) is 42.0 Å². The third-order valence-corrected chi connectivity index (χ3v) is 5.83. The van der Waals surface area contributed by atoms with Crippen molar-refractivity contribution in [3.05, 3.63) is 74.3 Å². The number of hydrogen-bond donors (Lipinski definition) is 2. The van der Waals surface area contributed by atoms with Gasteiger partial charge in [-0.1, -0.05) is 0 Å². The molecule has 1 unspecified atom stereocenters. The van der Waals surface area contributed by atoms with Crippen LogP contribution in [0.3, 0.4) is 0 Å². The van der Waals surface area contributed by atoms with Crippen LogP contribution in [0, 0.1) is 24.0 Å². The third kappa shape index (κ3) is 4.73. The number of rotatable bonds is 7. The van der Waals surface area contributed by atoms with Crippen molar-refractivity contribution in [2.45, 2.75) is 26.3 Å². The number of Topliss-reactive ketones (excluding diaryl/α,β-unsaturated/α-hetero) is 1. The zero-order chi connectivity index (χ0) is 24.4. The van der Waals surface area contributed by atoms with E-state index in [-0.39, 0.29) is 29.1 Å². The number of nitro groups is 1. The number of nitro benzene ring substituents is 1. The SMILES string of the molecule is Cc1cc(O)c(/C(O)=C2\C(=O)C(=O)N(CCCN(C)C)C2c2ccc([N+](=O)[O-])cc2)cc1C. The Morgan fingerprint density at radius 1 is 1.12 bits per heavy atom. The molecular formula is C24H27N3O6. The number of carbonyl (C=O) groups excluding carboxylic acids is 2. The van der Waals surface area contributed by atoms with Gasteiger partial charge in [-0.3, -0.25) is 19.7 Å². The highest BCUT2D eigenvalue weighted by atomic mass is 16.6. The molecule has 1 aliphatic rings. The number of carbonyl (C=O) groups is 2. The van der Waals surface area contributed by atoms with Crippen LogP contribution in [-0.2, 0) is 9.59 Å². The maximum absolute atomic E-state index is 13.0. The summed E-state index contributed by atoms with van der Waals surface area (Å²) in [4.78, 5) is 39.8. The van der Waals surface area contributed by atoms with E-state index in [0.717, 1.165) is 11.1 Å². The van der Waals surface area contributed by atoms with Gasteiger partial charge < -0.3 is 20.0 Å². The first-order valence-corrected chi connectivity index (χ1v) is 10.5. The minimum atomic E-state index is -0.936. The van der Waals surface area contributed by atoms with Gasteiger partial charge in [-0.2, -0.15) is 0 Å². The minimum absolute atomic E-state index is 0.0521. The quantitative estimate of drug-likeness (QED) is 0.217. The Balaban J connectivity index is 2.16. The summed E-state index contributed by atoms with van der Waals surface area (Å²) in [5.74, 6) is -2.32. The number of phenols is 1. The summed E-state index contributed by atoms with van der Waals surface area (Å²) < 4.78 is 0. The van der Waals surface area contributed by atoms with Crippen molar-refractivity contribution in [2.24, 2.45) is 0 Å². The molecule has 2 aromatic rings. The van der Waals surface area contributed by atoms with E-state index in [1.807, 2.05) is 19.0 Å². The van der Waals surface area contributed by atoms with Crippen LogP contribution in [0.4, 0.5) is 5.69 Å². The van der Waals surface area contributed by atoms with E-state index in [4.69, 9.17) is 0 Å². The lowest BCUT2D eigenvalue weighted by Crippen LogP contribution is -2.32. The van der Waals surface area contributed by atoms with Crippen molar-refractivity contribution in [2.75, 3.05) is 27.2 Å². The minimum Gasteiger partial charge on any atom is -0.507 e. The molecule has 1 saturated heterocycles. The first kappa shape index (κ1) is 23.9. The number of nitrogens with zero attached hydrogens (tertiary/aromatic N) is 3. The number of phenolic OH excluding ortho intramolecular Hbond substituents is 1. The van der Waals surface area contributed by atoms with E-state index in [9.17, 15) is 29.9 Å². The molecule has 1 heterocycles. The molecule has 3 rings (SSSR count). The van der Waals surface area contributed by atoms with E-state index in [2.05, 4.69) is 0 Å². The van der Waals surface area contributed by atoms with Gasteiger partial charge >= 0.3 is 0 Å². The van der Waals surface area contributed by atoms with Crippen LogP contribution < -0.4 is 0 Å². The summed E-state index contributed by atoms with van der Waals surface area (Å²) in [6.45, 7) is 4.53. The fourth-order valence-electron chi connectivity index (χ4n) is 3.93. The standard InChI is InChI=1S/C24H27N3O6/c1-14-12-18(19(28)13-15(14)2)22(29)20-21(16-6-8-17(9-7-16)27(32)33)26(24(31)23(20)30)11-5-10-25(3)4/h6-9,12-13,21,28-29H,5,10-11H2,1-4H3/b22-20+. The largest absolute Gasteiger partial charge is 0.507 e. The van der Waals surface area contributed by atoms with Gasteiger partial charge in [0, 0.05) is 18.7 Å². The summed E-state index contributed by atoms with van der Waals surface area (Å²) in [5, 5.41) is 32.6. The first-order chi connectivity index (χ1) is 15.5. The van der Waals surface area contributed by atoms with Gasteiger partial charge in [-0.15, -0.1) is 0 Å². The number of aliphatic hydroxyl groups is 1. The molecule has 1 aliphatic heterocycles. The summed E-state index contributed by atoms with van der Waals surface area (Å²) in [6.07, 6.45) is 0.582. The Kier molecular flexibility index (Phi) is 6.83. The Bertz CT molecular complexity index is 1140. The van der Waals surface area contributed by atoms with E-state index in [1.54, 1.807) is 19.9 Å². The average molecular weight is 453 g/mol. The van der Waals surface area contributed by atoms with E-state index < -0.39 is 28.4 Å². The molecule has 1 amide bonds. The van der Waals surface area contributed by atoms with Gasteiger partial charge in [0.1, 0.15) is 11.5 Å². The molecule has 0 spiro atoms. The summed E-state index contributed by atoms with van der Waals surface area (Å²) >= 11 is 0. The molecular weight excluding hydrogens is 426 g/mol. The van der Waals surface area contributed by atoms with Gasteiger partial charge in [-0.05, 0) is 81.9 Å². The molecule has 9 heteroatoms. The Labute approximate surface area is 191 Å². The fourth-order valence-corrected chi connectivity index (χ4v) is 3.93. The van der Waals surface area contributed by atoms with Crippen LogP contribution in [0.5, 0.6) is 5.75 Å². The molecule has 0 aromatic heterocycles. The predicted molar refractivity (Wildman–Crippen MR) is 123 cm³/mol. The molecule has 2 N–H and O–H groups in total. The van der Waals surface area contributed by atoms with Gasteiger partial charge in [0.05, 0.1) is 22.1 Å². The molecule has 174 valence electrons. The molecule has 1 fully saturated rings. The molecule has 33 heavy (non-hydrogen) atoms. The van der Waals surface area contributed by atoms with Crippen LogP contribution in [0.25, 0.3) is 5.76 Å². The second kappa shape index (κ2) is 9.41. The highest BCUT2D eigenvalue weighted by Crippen LogP contribution is 2.41. The van der Waals surface area contributed by atoms with Crippen molar-refractivity contribution < 1.29 is 24.7 Å². The number of ketones is 1. The van der Waals surface area contributed by atoms with Crippen LogP contribution >= 0.6 is 0 Å². The molecule has 0 saturated carbocycles. The van der Waals surface area contributed by atoms with Crippen molar-refractivity contribution in [3.8, 4) is 5.75 Å². The Hall–Kier alpha value is -3.72. The highest BCUT2D eigenvalue weighted by molar-refractivity contribution is 6.46. The lowest BCUT2D eigenvalue weighted by Gasteiger charge is -2.26. The lowest BCUT2D eigenvalue weighted by molar-refractivity contribution is -0.384. The second-order valence-electron chi connectivity index (χ2n) is 8.45. The molecule has 2 aromatic carbocycles. The van der Waals surface area contributed by atoms with Crippen LogP contribution in [0.1, 0.15) is 34.7 Å². The van der Waals surface area contributed by atoms with Gasteiger partial charge in [0.25, 0.3) is 17.4 Å². The topological polar surface area (TPSA) is 124 Å². The maximum Gasteiger partial charge on any atom is 0.295 e. The monoisotopic (exact) mass is 453 g/mol. The number of non-ortho nitro benzene ring substituents is 1. The number of likely N-dealkylation sites (tertiary alicyclic amines) is 1. The zero-order valence-corrected chi connectivity index (χ0v) is 19.0. The van der Waals surface area contributed by atoms with Crippen molar-refractivity contribution in [1.82, 2.24) is 9.80 Å². The van der Waals surface area contributed by atoms with Crippen LogP contribution in [-0.4, -0.2) is 63.8 Å². The average Bonchev–Trinajstić information content (AvgIpc) is 3.00. The summed E-state index contributed by atoms with van der Waals surface area (Å²) in [5.41, 5.74) is 1.82. The third-order valence-electron chi connectivity index (χ3n) is 5.83. The number of aryl methyl sites for hydroxylation is 2. The fraction of sp³-hybridized carbons (Fsp3) is 0.333. The predicted octanol–water partition coefficient (Wildman–Crippen LogP) is 3.29. The molecule has 1 atom stereocenters. The molecule has 0 aliphatic carbocycles. The normalized spacial score (nSPS) is 17.7. The van der Waals surface area contributed by atoms with Crippen LogP contribution in [0.2, 0.25) is 0 Å². The van der Waals surface area contributed by atoms with Gasteiger partial charge in [0.2, 0.25) is 0 Å². The second-order valence-corrected chi connectivity index (χ2v) is 8.45. The van der Waals surface area contributed by atoms with E-state index in [1.165, 1.54) is 35.2 Å². The molecule has 0 radical (unpaired) electrons. The summed E-state index contributed by atoms with van der Waals surface area (Å²) in [6, 6.07) is 7.65. The smallest absolute Gasteiger partial charge is 0.295 e. The van der Waals surface area contributed by atoms with Crippen molar-refractivity contribution in [1.29, 1.82) is 0 Å². The molecule has 0 bridgehead atoms. The van der Waals surface area contributed by atoms with E-state index in [0.29, 0.717) is 18.5 Å². The Morgan fingerprint density at radius 2 is 1.73 bits per heavy atom. The van der Waals surface area contributed by atoms with E-state index >= 15 is 0 Å². The van der Waals surface area contributed by atoms with Crippen molar-refractivity contribution in [3.63, 3.8) is 0 Å². The highest BCUT2D eigenvalue weighted by Gasteiger charge is 2.46. The first-order valence-electron chi connectivity index (χ1n) is 10.5. The number of aliphatic hydroxyl groups excluding tert-OH is 1. The van der Waals surface area contributed by atoms with Gasteiger partial charge in [-0.25, -0.2) is 0 Å². The number of amides is 1. The Morgan fingerprint density at radius 3 is 2.30 bits per heavy atom.